The molecule has 1 aliphatic rings. The number of hydrogen-bond donors (Lipinski definition) is 1. The van der Waals surface area contributed by atoms with E-state index < -0.39 is 0 Å². The predicted molar refractivity (Wildman–Crippen MR) is 82.0 cm³/mol. The summed E-state index contributed by atoms with van der Waals surface area (Å²) >= 11 is 0. The fraction of sp³-hybridized carbons (Fsp3) is 0.471. The Kier molecular flexibility index (Phi) is 4.96. The molecule has 22 heavy (non-hydrogen) atoms. The van der Waals surface area contributed by atoms with Gasteiger partial charge in [-0.05, 0) is 45.6 Å². The summed E-state index contributed by atoms with van der Waals surface area (Å²) in [7, 11) is 0. The minimum Gasteiger partial charge on any atom is -0.457 e. The molecule has 0 fully saturated rings. The van der Waals surface area contributed by atoms with Gasteiger partial charge in [0.15, 0.2) is 12.4 Å². The zero-order valence-corrected chi connectivity index (χ0v) is 13.2. The predicted octanol–water partition coefficient (Wildman–Crippen LogP) is 2.92. The third kappa shape index (κ3) is 3.35. The molecule has 0 unspecified atom stereocenters. The Morgan fingerprint density at radius 3 is 2.55 bits per heavy atom. The lowest BCUT2D eigenvalue weighted by Gasteiger charge is -2.15. The lowest BCUT2D eigenvalue weighted by Crippen LogP contribution is -2.22. The molecule has 0 aliphatic heterocycles. The Hall–Kier alpha value is -2.17. The second-order valence-corrected chi connectivity index (χ2v) is 5.69. The zero-order chi connectivity index (χ0) is 16.3. The van der Waals surface area contributed by atoms with Gasteiger partial charge in [0.25, 0.3) is 0 Å². The van der Waals surface area contributed by atoms with Crippen LogP contribution in [-0.2, 0) is 9.53 Å². The summed E-state index contributed by atoms with van der Waals surface area (Å²) in [5.41, 5.74) is 2.16. The van der Waals surface area contributed by atoms with Gasteiger partial charge in [-0.1, -0.05) is 12.2 Å². The summed E-state index contributed by atoms with van der Waals surface area (Å²) < 4.78 is 5.14. The highest BCUT2D eigenvalue weighted by Gasteiger charge is 2.23. The minimum absolute atomic E-state index is 0.0868. The number of hydrogen-bond acceptors (Lipinski definition) is 4. The third-order valence-electron chi connectivity index (χ3n) is 4.02. The van der Waals surface area contributed by atoms with Crippen molar-refractivity contribution in [2.45, 2.75) is 40.0 Å². The first-order valence-corrected chi connectivity index (χ1v) is 7.46. The number of ketones is 2. The van der Waals surface area contributed by atoms with Gasteiger partial charge in [-0.3, -0.25) is 14.4 Å². The van der Waals surface area contributed by atoms with Gasteiger partial charge in [0.2, 0.25) is 5.78 Å². The van der Waals surface area contributed by atoms with Gasteiger partial charge in [-0.15, -0.1) is 0 Å². The largest absolute Gasteiger partial charge is 0.457 e. The Labute approximate surface area is 129 Å². The van der Waals surface area contributed by atoms with Crippen molar-refractivity contribution in [2.24, 2.45) is 5.92 Å². The van der Waals surface area contributed by atoms with E-state index in [-0.39, 0.29) is 30.1 Å². The Morgan fingerprint density at radius 1 is 1.27 bits per heavy atom. The molecule has 5 nitrogen and oxygen atoms in total. The van der Waals surface area contributed by atoms with Crippen LogP contribution in [0.25, 0.3) is 0 Å². The zero-order valence-electron chi connectivity index (χ0n) is 13.2. The van der Waals surface area contributed by atoms with Crippen LogP contribution in [0.4, 0.5) is 0 Å². The summed E-state index contributed by atoms with van der Waals surface area (Å²) in [6.07, 6.45) is 6.31. The maximum Gasteiger partial charge on any atom is 0.309 e. The lowest BCUT2D eigenvalue weighted by molar-refractivity contribution is -0.147. The molecular weight excluding hydrogens is 282 g/mol. The number of H-pyrrole nitrogens is 1. The average Bonchev–Trinajstić information content (AvgIpc) is 2.80. The second-order valence-electron chi connectivity index (χ2n) is 5.69. The molecule has 2 rings (SSSR count). The molecule has 1 aromatic heterocycles. The number of esters is 1. The molecule has 118 valence electrons. The molecule has 0 amide bonds. The summed E-state index contributed by atoms with van der Waals surface area (Å²) in [5, 5.41) is 0. The van der Waals surface area contributed by atoms with Crippen LogP contribution in [-0.4, -0.2) is 29.1 Å². The number of Topliss-reactive ketones (excluding diaryl/α,β-unsaturated/α-hetero) is 2. The topological polar surface area (TPSA) is 76.2 Å². The van der Waals surface area contributed by atoms with Crippen LogP contribution in [0.15, 0.2) is 12.2 Å². The molecule has 1 atom stereocenters. The standard InChI is InChI=1S/C17H21NO4/c1-10-15(12(3)19)11(2)18-16(10)14(20)9-22-17(21)13-7-5-4-6-8-13/h4-5,13,18H,6-9H2,1-3H3/t13-/m0/s1. The Balaban J connectivity index is 2.01. The number of aromatic nitrogens is 1. The van der Waals surface area contributed by atoms with E-state index in [9.17, 15) is 14.4 Å². The minimum atomic E-state index is -0.328. The molecule has 0 saturated carbocycles. The van der Waals surface area contributed by atoms with Crippen molar-refractivity contribution in [1.29, 1.82) is 0 Å². The van der Waals surface area contributed by atoms with E-state index >= 15 is 0 Å². The summed E-state index contributed by atoms with van der Waals surface area (Å²) in [5.74, 6) is -0.883. The Morgan fingerprint density at radius 2 is 2.00 bits per heavy atom. The van der Waals surface area contributed by atoms with Crippen molar-refractivity contribution < 1.29 is 19.1 Å². The van der Waals surface area contributed by atoms with Crippen LogP contribution < -0.4 is 0 Å². The normalized spacial score (nSPS) is 17.3. The average molecular weight is 303 g/mol. The van der Waals surface area contributed by atoms with E-state index in [4.69, 9.17) is 4.74 Å². The van der Waals surface area contributed by atoms with E-state index in [1.807, 2.05) is 12.2 Å². The SMILES string of the molecule is CC(=O)c1c(C)[nH]c(C(=O)COC(=O)[C@H]2CC=CCC2)c1C. The van der Waals surface area contributed by atoms with Gasteiger partial charge in [0.1, 0.15) is 0 Å². The van der Waals surface area contributed by atoms with E-state index in [2.05, 4.69) is 4.98 Å². The fourth-order valence-electron chi connectivity index (χ4n) is 2.89. The fourth-order valence-corrected chi connectivity index (χ4v) is 2.89. The van der Waals surface area contributed by atoms with Gasteiger partial charge in [0, 0.05) is 11.3 Å². The molecule has 0 aromatic carbocycles. The monoisotopic (exact) mass is 303 g/mol. The molecule has 1 aliphatic carbocycles. The number of nitrogens with one attached hydrogen (secondary N) is 1. The first kappa shape index (κ1) is 16.2. The highest BCUT2D eigenvalue weighted by molar-refractivity contribution is 6.04. The van der Waals surface area contributed by atoms with Crippen molar-refractivity contribution in [1.82, 2.24) is 4.98 Å². The molecule has 0 bridgehead atoms. The second kappa shape index (κ2) is 6.73. The molecule has 0 radical (unpaired) electrons. The number of rotatable bonds is 5. The summed E-state index contributed by atoms with van der Waals surface area (Å²) in [6.45, 7) is 4.65. The Bertz CT molecular complexity index is 639. The highest BCUT2D eigenvalue weighted by Crippen LogP contribution is 2.21. The van der Waals surface area contributed by atoms with Crippen molar-refractivity contribution >= 4 is 17.5 Å². The van der Waals surface area contributed by atoms with Crippen molar-refractivity contribution in [3.8, 4) is 0 Å². The first-order valence-electron chi connectivity index (χ1n) is 7.46. The molecule has 1 aromatic rings. The van der Waals surface area contributed by atoms with E-state index in [1.54, 1.807) is 13.8 Å². The third-order valence-corrected chi connectivity index (χ3v) is 4.02. The quantitative estimate of drug-likeness (QED) is 0.515. The van der Waals surface area contributed by atoms with Crippen LogP contribution in [0.2, 0.25) is 0 Å². The smallest absolute Gasteiger partial charge is 0.309 e. The maximum atomic E-state index is 12.2. The lowest BCUT2D eigenvalue weighted by atomic mass is 9.95. The van der Waals surface area contributed by atoms with Crippen LogP contribution in [0.1, 0.15) is 58.3 Å². The van der Waals surface area contributed by atoms with Gasteiger partial charge in [-0.2, -0.15) is 0 Å². The first-order chi connectivity index (χ1) is 10.4. The van der Waals surface area contributed by atoms with Gasteiger partial charge < -0.3 is 9.72 Å². The maximum absolute atomic E-state index is 12.2. The van der Waals surface area contributed by atoms with Crippen molar-refractivity contribution in [2.75, 3.05) is 6.61 Å². The van der Waals surface area contributed by atoms with Crippen molar-refractivity contribution in [3.05, 3.63) is 34.7 Å². The van der Waals surface area contributed by atoms with Gasteiger partial charge in [0.05, 0.1) is 11.6 Å². The van der Waals surface area contributed by atoms with E-state index in [0.29, 0.717) is 28.9 Å². The van der Waals surface area contributed by atoms with E-state index in [1.165, 1.54) is 6.92 Å². The van der Waals surface area contributed by atoms with Crippen LogP contribution in [0, 0.1) is 19.8 Å². The number of aromatic amines is 1. The van der Waals surface area contributed by atoms with Crippen molar-refractivity contribution in [3.63, 3.8) is 0 Å². The number of allylic oxidation sites excluding steroid dienone is 2. The molecule has 1 heterocycles. The van der Waals surface area contributed by atoms with Crippen LogP contribution >= 0.6 is 0 Å². The van der Waals surface area contributed by atoms with Gasteiger partial charge >= 0.3 is 5.97 Å². The molecular formula is C17H21NO4. The van der Waals surface area contributed by atoms with Crippen LogP contribution in [0.3, 0.4) is 0 Å². The van der Waals surface area contributed by atoms with E-state index in [0.717, 1.165) is 12.8 Å². The molecule has 5 heteroatoms. The number of carbonyl (C=O) groups excluding carboxylic acids is 3. The summed E-state index contributed by atoms with van der Waals surface area (Å²) in [6, 6.07) is 0. The summed E-state index contributed by atoms with van der Waals surface area (Å²) in [4.78, 5) is 38.6. The van der Waals surface area contributed by atoms with Crippen LogP contribution in [0.5, 0.6) is 0 Å². The van der Waals surface area contributed by atoms with Gasteiger partial charge in [-0.25, -0.2) is 0 Å². The number of carbonyl (C=O) groups is 3. The molecule has 1 N–H and O–H groups in total. The number of aryl methyl sites for hydroxylation is 1. The number of ether oxygens (including phenoxy) is 1. The highest BCUT2D eigenvalue weighted by atomic mass is 16.5. The molecule has 0 saturated heterocycles. The molecule has 0 spiro atoms.